The molecular formula is C13H24BrN3O. The van der Waals surface area contributed by atoms with Crippen LogP contribution in [0.3, 0.4) is 0 Å². The Kier molecular flexibility index (Phi) is 6.32. The van der Waals surface area contributed by atoms with Gasteiger partial charge in [-0.1, -0.05) is 20.8 Å². The van der Waals surface area contributed by atoms with Gasteiger partial charge < -0.3 is 10.1 Å². The highest BCUT2D eigenvalue weighted by Gasteiger charge is 2.26. The molecule has 0 amide bonds. The van der Waals surface area contributed by atoms with Crippen molar-refractivity contribution in [3.05, 3.63) is 16.4 Å². The molecule has 0 saturated carbocycles. The molecule has 2 unspecified atom stereocenters. The van der Waals surface area contributed by atoms with E-state index in [0.29, 0.717) is 24.5 Å². The summed E-state index contributed by atoms with van der Waals surface area (Å²) in [7, 11) is 3.72. The Labute approximate surface area is 118 Å². The molecule has 1 aromatic rings. The zero-order valence-electron chi connectivity index (χ0n) is 11.9. The highest BCUT2D eigenvalue weighted by atomic mass is 79.9. The van der Waals surface area contributed by atoms with Crippen molar-refractivity contribution in [1.29, 1.82) is 0 Å². The van der Waals surface area contributed by atoms with E-state index < -0.39 is 0 Å². The van der Waals surface area contributed by atoms with Gasteiger partial charge >= 0.3 is 0 Å². The summed E-state index contributed by atoms with van der Waals surface area (Å²) >= 11 is 3.60. The first-order valence-electron chi connectivity index (χ1n) is 6.40. The molecule has 0 aliphatic heterocycles. The average molecular weight is 318 g/mol. The van der Waals surface area contributed by atoms with Gasteiger partial charge in [0.1, 0.15) is 0 Å². The normalized spacial score (nSPS) is 15.1. The molecule has 1 heterocycles. The lowest BCUT2D eigenvalue weighted by atomic mass is 9.88. The van der Waals surface area contributed by atoms with Crippen LogP contribution in [-0.2, 0) is 11.3 Å². The summed E-state index contributed by atoms with van der Waals surface area (Å²) < 4.78 is 8.22. The first-order valence-corrected chi connectivity index (χ1v) is 7.19. The molecule has 0 fully saturated rings. The van der Waals surface area contributed by atoms with Crippen LogP contribution >= 0.6 is 15.9 Å². The summed E-state index contributed by atoms with van der Waals surface area (Å²) in [6.07, 6.45) is 1.86. The molecule has 18 heavy (non-hydrogen) atoms. The summed E-state index contributed by atoms with van der Waals surface area (Å²) in [5.41, 5.74) is 1.20. The smallest absolute Gasteiger partial charge is 0.0699 e. The molecule has 0 aromatic carbocycles. The maximum atomic E-state index is 5.13. The standard InChI is InChI=1S/C13H24BrN3O/c1-9(2)10(3)12(15-4)13-11(14)8-16-17(13)6-7-18-5/h8-10,12,15H,6-7H2,1-5H3. The van der Waals surface area contributed by atoms with Crippen molar-refractivity contribution in [1.82, 2.24) is 15.1 Å². The van der Waals surface area contributed by atoms with Crippen LogP contribution in [0.15, 0.2) is 10.7 Å². The fourth-order valence-electron chi connectivity index (χ4n) is 2.07. The zero-order chi connectivity index (χ0) is 13.7. The number of ether oxygens (including phenoxy) is 1. The van der Waals surface area contributed by atoms with Crippen molar-refractivity contribution in [3.8, 4) is 0 Å². The van der Waals surface area contributed by atoms with Crippen molar-refractivity contribution in [2.75, 3.05) is 20.8 Å². The van der Waals surface area contributed by atoms with Crippen LogP contribution in [0, 0.1) is 11.8 Å². The van der Waals surface area contributed by atoms with Gasteiger partial charge in [0.05, 0.1) is 35.6 Å². The third-order valence-electron chi connectivity index (χ3n) is 3.52. The lowest BCUT2D eigenvalue weighted by Gasteiger charge is -2.27. The SMILES string of the molecule is CNC(c1c(Br)cnn1CCOC)C(C)C(C)C. The predicted octanol–water partition coefficient (Wildman–Crippen LogP) is 2.84. The van der Waals surface area contributed by atoms with Crippen LogP contribution in [-0.4, -0.2) is 30.5 Å². The van der Waals surface area contributed by atoms with E-state index in [-0.39, 0.29) is 0 Å². The highest BCUT2D eigenvalue weighted by molar-refractivity contribution is 9.10. The number of aromatic nitrogens is 2. The molecule has 4 nitrogen and oxygen atoms in total. The summed E-state index contributed by atoms with van der Waals surface area (Å²) in [5.74, 6) is 1.14. The van der Waals surface area contributed by atoms with Gasteiger partial charge in [0.25, 0.3) is 0 Å². The van der Waals surface area contributed by atoms with E-state index in [9.17, 15) is 0 Å². The molecule has 104 valence electrons. The Bertz CT molecular complexity index is 365. The Morgan fingerprint density at radius 2 is 2.11 bits per heavy atom. The van der Waals surface area contributed by atoms with Crippen molar-refractivity contribution < 1.29 is 4.74 Å². The molecule has 0 spiro atoms. The minimum atomic E-state index is 0.290. The van der Waals surface area contributed by atoms with Gasteiger partial charge in [-0.05, 0) is 34.8 Å². The number of halogens is 1. The Morgan fingerprint density at radius 3 is 2.61 bits per heavy atom. The van der Waals surface area contributed by atoms with Crippen LogP contribution < -0.4 is 5.32 Å². The first kappa shape index (κ1) is 15.7. The molecule has 0 aliphatic rings. The van der Waals surface area contributed by atoms with Crippen LogP contribution in [0.4, 0.5) is 0 Å². The quantitative estimate of drug-likeness (QED) is 0.840. The molecule has 1 aromatic heterocycles. The van der Waals surface area contributed by atoms with E-state index >= 15 is 0 Å². The maximum Gasteiger partial charge on any atom is 0.0699 e. The molecule has 0 bridgehead atoms. The number of hydrogen-bond acceptors (Lipinski definition) is 3. The van der Waals surface area contributed by atoms with E-state index in [0.717, 1.165) is 11.0 Å². The number of hydrogen-bond donors (Lipinski definition) is 1. The fraction of sp³-hybridized carbons (Fsp3) is 0.769. The van der Waals surface area contributed by atoms with E-state index in [1.807, 2.05) is 17.9 Å². The second-order valence-corrected chi connectivity index (χ2v) is 5.82. The molecule has 0 radical (unpaired) electrons. The lowest BCUT2D eigenvalue weighted by molar-refractivity contribution is 0.180. The summed E-state index contributed by atoms with van der Waals surface area (Å²) in [5, 5.41) is 7.83. The van der Waals surface area contributed by atoms with Gasteiger partial charge in [-0.15, -0.1) is 0 Å². The summed E-state index contributed by atoms with van der Waals surface area (Å²) in [6, 6.07) is 0.290. The summed E-state index contributed by atoms with van der Waals surface area (Å²) in [6.45, 7) is 8.22. The molecule has 5 heteroatoms. The minimum absolute atomic E-state index is 0.290. The molecule has 1 rings (SSSR count). The Morgan fingerprint density at radius 1 is 1.44 bits per heavy atom. The van der Waals surface area contributed by atoms with E-state index in [1.165, 1.54) is 5.69 Å². The average Bonchev–Trinajstić information content (AvgIpc) is 2.69. The fourth-order valence-corrected chi connectivity index (χ4v) is 2.61. The summed E-state index contributed by atoms with van der Waals surface area (Å²) in [4.78, 5) is 0. The minimum Gasteiger partial charge on any atom is -0.383 e. The third kappa shape index (κ3) is 3.56. The Hall–Kier alpha value is -0.390. The second kappa shape index (κ2) is 7.26. The lowest BCUT2D eigenvalue weighted by Crippen LogP contribution is -2.29. The monoisotopic (exact) mass is 317 g/mol. The van der Waals surface area contributed by atoms with Gasteiger partial charge in [-0.3, -0.25) is 4.68 Å². The van der Waals surface area contributed by atoms with E-state index in [4.69, 9.17) is 4.74 Å². The van der Waals surface area contributed by atoms with Crippen LogP contribution in [0.25, 0.3) is 0 Å². The van der Waals surface area contributed by atoms with Crippen molar-refractivity contribution in [2.45, 2.75) is 33.4 Å². The van der Waals surface area contributed by atoms with Crippen molar-refractivity contribution in [2.24, 2.45) is 11.8 Å². The van der Waals surface area contributed by atoms with E-state index in [2.05, 4.69) is 47.1 Å². The number of nitrogens with zero attached hydrogens (tertiary/aromatic N) is 2. The maximum absolute atomic E-state index is 5.13. The molecule has 0 saturated heterocycles. The third-order valence-corrected chi connectivity index (χ3v) is 4.13. The van der Waals surface area contributed by atoms with Crippen LogP contribution in [0.5, 0.6) is 0 Å². The van der Waals surface area contributed by atoms with Crippen LogP contribution in [0.1, 0.15) is 32.5 Å². The first-order chi connectivity index (χ1) is 8.52. The number of methoxy groups -OCH3 is 1. The predicted molar refractivity (Wildman–Crippen MR) is 77.6 cm³/mol. The van der Waals surface area contributed by atoms with E-state index in [1.54, 1.807) is 7.11 Å². The molecule has 1 N–H and O–H groups in total. The molecule has 0 aliphatic carbocycles. The zero-order valence-corrected chi connectivity index (χ0v) is 13.5. The topological polar surface area (TPSA) is 39.1 Å². The largest absolute Gasteiger partial charge is 0.383 e. The Balaban J connectivity index is 3.00. The van der Waals surface area contributed by atoms with Gasteiger partial charge in [-0.25, -0.2) is 0 Å². The van der Waals surface area contributed by atoms with Gasteiger partial charge in [0.15, 0.2) is 0 Å². The molecule has 2 atom stereocenters. The molecular weight excluding hydrogens is 294 g/mol. The van der Waals surface area contributed by atoms with Gasteiger partial charge in [0.2, 0.25) is 0 Å². The highest BCUT2D eigenvalue weighted by Crippen LogP contribution is 2.32. The van der Waals surface area contributed by atoms with Gasteiger partial charge in [-0.2, -0.15) is 5.10 Å². The van der Waals surface area contributed by atoms with Gasteiger partial charge in [0, 0.05) is 7.11 Å². The number of rotatable bonds is 7. The van der Waals surface area contributed by atoms with Crippen molar-refractivity contribution >= 4 is 15.9 Å². The second-order valence-electron chi connectivity index (χ2n) is 4.96. The van der Waals surface area contributed by atoms with Crippen molar-refractivity contribution in [3.63, 3.8) is 0 Å². The van der Waals surface area contributed by atoms with Crippen LogP contribution in [0.2, 0.25) is 0 Å². The number of nitrogens with one attached hydrogen (secondary N) is 1.